The zero-order chi connectivity index (χ0) is 23.1. The third-order valence-corrected chi connectivity index (χ3v) is 5.43. The van der Waals surface area contributed by atoms with Gasteiger partial charge in [-0.25, -0.2) is 4.39 Å². The fourth-order valence-electron chi connectivity index (χ4n) is 2.85. The molecule has 0 amide bonds. The molecule has 168 valence electrons. The molecule has 2 rings (SSSR count). The summed E-state index contributed by atoms with van der Waals surface area (Å²) in [4.78, 5) is 37.9. The van der Waals surface area contributed by atoms with Gasteiger partial charge in [-0.3, -0.25) is 14.4 Å². The van der Waals surface area contributed by atoms with Crippen LogP contribution in [0.1, 0.15) is 20.8 Å². The molecular weight excluding hydrogens is 457 g/mol. The van der Waals surface area contributed by atoms with E-state index in [1.165, 1.54) is 19.1 Å². The quantitative estimate of drug-likeness (QED) is 0.192. The average Bonchev–Trinajstić information content (AvgIpc) is 2.67. The summed E-state index contributed by atoms with van der Waals surface area (Å²) in [6.45, 7) is 3.15. The molecule has 0 aliphatic carbocycles. The van der Waals surface area contributed by atoms with Crippen LogP contribution < -0.4 is 0 Å². The van der Waals surface area contributed by atoms with Crippen LogP contribution in [0, 0.1) is 5.82 Å². The van der Waals surface area contributed by atoms with Gasteiger partial charge in [-0.2, -0.15) is 0 Å². The molecule has 3 unspecified atom stereocenters. The summed E-state index contributed by atoms with van der Waals surface area (Å²) >= 11 is 6.84. The van der Waals surface area contributed by atoms with E-state index in [2.05, 4.69) is 10.0 Å². The topological polar surface area (TPSA) is 137 Å². The normalized spacial score (nSPS) is 25.1. The molecule has 1 saturated heterocycles. The number of esters is 3. The molecule has 0 saturated carbocycles. The largest absolute Gasteiger partial charge is 0.463 e. The van der Waals surface area contributed by atoms with E-state index in [1.54, 1.807) is 0 Å². The van der Waals surface area contributed by atoms with Crippen molar-refractivity contribution in [2.45, 2.75) is 55.5 Å². The molecule has 13 heteroatoms. The van der Waals surface area contributed by atoms with Crippen molar-refractivity contribution in [3.8, 4) is 0 Å². The Bertz CT molecular complexity index is 899. The maximum absolute atomic E-state index is 13.5. The summed E-state index contributed by atoms with van der Waals surface area (Å²) in [7, 11) is 0. The highest BCUT2D eigenvalue weighted by Crippen LogP contribution is 2.38. The Morgan fingerprint density at radius 3 is 2.39 bits per heavy atom. The number of ether oxygens (including phenoxy) is 4. The summed E-state index contributed by atoms with van der Waals surface area (Å²) in [5, 5.41) is 3.53. The van der Waals surface area contributed by atoms with Crippen molar-refractivity contribution in [2.75, 3.05) is 6.61 Å². The lowest BCUT2D eigenvalue weighted by molar-refractivity contribution is -0.201. The van der Waals surface area contributed by atoms with Gasteiger partial charge in [0.25, 0.3) is 0 Å². The molecule has 1 aliphatic heterocycles. The first-order chi connectivity index (χ1) is 14.6. The molecule has 1 aromatic carbocycles. The van der Waals surface area contributed by atoms with Crippen molar-refractivity contribution in [1.29, 1.82) is 0 Å². The van der Waals surface area contributed by atoms with E-state index in [4.69, 9.17) is 36.1 Å². The van der Waals surface area contributed by atoms with Crippen LogP contribution in [0.2, 0.25) is 5.02 Å². The number of benzene rings is 1. The lowest BCUT2D eigenvalue weighted by Crippen LogP contribution is -2.59. The molecule has 0 radical (unpaired) electrons. The lowest BCUT2D eigenvalue weighted by atomic mass is 9.97. The number of hydrogen-bond acceptors (Lipinski definition) is 9. The molecule has 1 heterocycles. The van der Waals surface area contributed by atoms with E-state index >= 15 is 0 Å². The maximum Gasteiger partial charge on any atom is 0.303 e. The summed E-state index contributed by atoms with van der Waals surface area (Å²) in [5.74, 6) is -2.64. The fourth-order valence-corrected chi connectivity index (χ4v) is 4.25. The van der Waals surface area contributed by atoms with Crippen LogP contribution in [0.15, 0.2) is 28.2 Å². The second-order valence-corrected chi connectivity index (χ2v) is 7.96. The van der Waals surface area contributed by atoms with Crippen LogP contribution in [0.5, 0.6) is 0 Å². The summed E-state index contributed by atoms with van der Waals surface area (Å²) in [5.41, 5.74) is 8.06. The molecule has 1 aliphatic rings. The monoisotopic (exact) mass is 475 g/mol. The lowest BCUT2D eigenvalue weighted by Gasteiger charge is -2.43. The van der Waals surface area contributed by atoms with E-state index in [-0.39, 0.29) is 11.6 Å². The van der Waals surface area contributed by atoms with Crippen molar-refractivity contribution >= 4 is 41.3 Å². The molecule has 1 aromatic rings. The van der Waals surface area contributed by atoms with Gasteiger partial charge < -0.3 is 18.9 Å². The highest BCUT2D eigenvalue weighted by atomic mass is 35.5. The molecule has 31 heavy (non-hydrogen) atoms. The number of hydrogen-bond donors (Lipinski definition) is 0. The second kappa shape index (κ2) is 11.2. The second-order valence-electron chi connectivity index (χ2n) is 6.38. The number of thioether (sulfide) groups is 1. The first kappa shape index (κ1) is 24.7. The standard InChI is InChI=1S/C18H19ClFN3O7S/c1-8(24)27-7-14-16(28-9(2)25)15(22-23-21)17(29-10(3)26)18(30-14)31-11-4-5-13(20)12(19)6-11/h4-6,14-18H,7H2,1-3H3/t14?,15?,16-,17?,18+/m0/s1. The summed E-state index contributed by atoms with van der Waals surface area (Å²) in [6.07, 6.45) is -3.42. The minimum absolute atomic E-state index is 0.134. The maximum atomic E-state index is 13.5. The van der Waals surface area contributed by atoms with Crippen LogP contribution in [-0.4, -0.2) is 54.3 Å². The zero-order valence-corrected chi connectivity index (χ0v) is 18.3. The van der Waals surface area contributed by atoms with Crippen LogP contribution >= 0.6 is 23.4 Å². The number of carbonyl (C=O) groups excluding carboxylic acids is 3. The van der Waals surface area contributed by atoms with Gasteiger partial charge >= 0.3 is 17.9 Å². The van der Waals surface area contributed by atoms with Gasteiger partial charge in [0, 0.05) is 30.6 Å². The van der Waals surface area contributed by atoms with Crippen molar-refractivity contribution < 1.29 is 37.7 Å². The Balaban J connectivity index is 2.44. The van der Waals surface area contributed by atoms with E-state index in [0.29, 0.717) is 4.90 Å². The predicted octanol–water partition coefficient (Wildman–Crippen LogP) is 3.40. The van der Waals surface area contributed by atoms with Crippen molar-refractivity contribution in [3.63, 3.8) is 0 Å². The highest BCUT2D eigenvalue weighted by molar-refractivity contribution is 7.99. The Morgan fingerprint density at radius 2 is 1.84 bits per heavy atom. The number of carbonyl (C=O) groups is 3. The minimum atomic E-state index is -1.20. The van der Waals surface area contributed by atoms with E-state index < -0.39 is 53.5 Å². The first-order valence-corrected chi connectivity index (χ1v) is 10.2. The Kier molecular flexibility index (Phi) is 8.93. The average molecular weight is 476 g/mol. The molecule has 0 N–H and O–H groups in total. The fraction of sp³-hybridized carbons (Fsp3) is 0.500. The molecule has 1 fully saturated rings. The molecule has 10 nitrogen and oxygen atoms in total. The number of rotatable bonds is 7. The molecular formula is C18H19ClFN3O7S. The van der Waals surface area contributed by atoms with Gasteiger partial charge in [0.05, 0.1) is 5.02 Å². The summed E-state index contributed by atoms with van der Waals surface area (Å²) in [6, 6.07) is 2.73. The van der Waals surface area contributed by atoms with Gasteiger partial charge in [0.1, 0.15) is 42.2 Å². The van der Waals surface area contributed by atoms with Crippen LogP contribution in [0.4, 0.5) is 4.39 Å². The first-order valence-electron chi connectivity index (χ1n) is 8.91. The SMILES string of the molecule is CC(=O)OCC1O[C@H](Sc2ccc(F)c(Cl)c2)C(OC(C)=O)C(N=[N+]=[N-])[C@H]1OC(C)=O. The van der Waals surface area contributed by atoms with Gasteiger partial charge in [0.15, 0.2) is 0 Å². The molecule has 0 spiro atoms. The Labute approximate surface area is 185 Å². The zero-order valence-electron chi connectivity index (χ0n) is 16.7. The van der Waals surface area contributed by atoms with Crippen molar-refractivity contribution in [2.24, 2.45) is 5.11 Å². The Morgan fingerprint density at radius 1 is 1.19 bits per heavy atom. The van der Waals surface area contributed by atoms with Crippen LogP contribution in [0.3, 0.4) is 0 Å². The van der Waals surface area contributed by atoms with Gasteiger partial charge in [-0.1, -0.05) is 28.5 Å². The highest BCUT2D eigenvalue weighted by Gasteiger charge is 2.50. The third kappa shape index (κ3) is 7.00. The summed E-state index contributed by atoms with van der Waals surface area (Å²) < 4.78 is 35.0. The number of halogens is 2. The smallest absolute Gasteiger partial charge is 0.303 e. The third-order valence-electron chi connectivity index (χ3n) is 4.00. The Hall–Kier alpha value is -2.53. The van der Waals surface area contributed by atoms with Crippen LogP contribution in [0.25, 0.3) is 10.4 Å². The minimum Gasteiger partial charge on any atom is -0.463 e. The van der Waals surface area contributed by atoms with Crippen molar-refractivity contribution in [1.82, 2.24) is 0 Å². The molecule has 5 atom stereocenters. The van der Waals surface area contributed by atoms with Gasteiger partial charge in [-0.05, 0) is 23.7 Å². The van der Waals surface area contributed by atoms with E-state index in [0.717, 1.165) is 31.7 Å². The van der Waals surface area contributed by atoms with Gasteiger partial charge in [-0.15, -0.1) is 0 Å². The number of azide groups is 1. The predicted molar refractivity (Wildman–Crippen MR) is 107 cm³/mol. The van der Waals surface area contributed by atoms with Gasteiger partial charge in [0.2, 0.25) is 0 Å². The van der Waals surface area contributed by atoms with Crippen molar-refractivity contribution in [3.05, 3.63) is 39.5 Å². The van der Waals surface area contributed by atoms with E-state index in [1.807, 2.05) is 0 Å². The molecule has 0 aromatic heterocycles. The van der Waals surface area contributed by atoms with E-state index in [9.17, 15) is 18.8 Å². The number of nitrogens with zero attached hydrogens (tertiary/aromatic N) is 3. The molecule has 0 bridgehead atoms. The van der Waals surface area contributed by atoms with Crippen LogP contribution in [-0.2, 0) is 33.3 Å².